The van der Waals surface area contributed by atoms with E-state index in [2.05, 4.69) is 9.72 Å². The number of hydrogen-bond donors (Lipinski definition) is 0. The van der Waals surface area contributed by atoms with Crippen LogP contribution in [0.2, 0.25) is 10.0 Å². The van der Waals surface area contributed by atoms with Crippen molar-refractivity contribution in [1.29, 1.82) is 0 Å². The Bertz CT molecular complexity index is 1310. The zero-order valence-corrected chi connectivity index (χ0v) is 20.8. The molecule has 3 atom stereocenters. The van der Waals surface area contributed by atoms with E-state index in [4.69, 9.17) is 37.4 Å². The van der Waals surface area contributed by atoms with Crippen molar-refractivity contribution >= 4 is 47.4 Å². The molecule has 0 saturated carbocycles. The molecule has 0 aliphatic carbocycles. The molecular weight excluding hydrogens is 527 g/mol. The Morgan fingerprint density at radius 3 is 2.16 bits per heavy atom. The van der Waals surface area contributed by atoms with Gasteiger partial charge in [-0.05, 0) is 48.5 Å². The number of methoxy groups -OCH3 is 1. The minimum absolute atomic E-state index is 0.0709. The third kappa shape index (κ3) is 5.99. The van der Waals surface area contributed by atoms with E-state index < -0.39 is 36.3 Å². The van der Waals surface area contributed by atoms with E-state index in [0.717, 1.165) is 0 Å². The fourth-order valence-electron chi connectivity index (χ4n) is 3.73. The van der Waals surface area contributed by atoms with Crippen molar-refractivity contribution in [3.8, 4) is 0 Å². The van der Waals surface area contributed by atoms with E-state index in [1.165, 1.54) is 42.3 Å². The fourth-order valence-corrected chi connectivity index (χ4v) is 3.99. The predicted octanol–water partition coefficient (Wildman–Crippen LogP) is 4.16. The summed E-state index contributed by atoms with van der Waals surface area (Å²) < 4.78 is 23.1. The first-order valence-corrected chi connectivity index (χ1v) is 11.7. The maximum absolute atomic E-state index is 12.8. The maximum Gasteiger partial charge on any atom is 0.359 e. The molecule has 10 nitrogen and oxygen atoms in total. The molecule has 37 heavy (non-hydrogen) atoms. The summed E-state index contributed by atoms with van der Waals surface area (Å²) in [5.41, 5.74) is 0.273. The number of nitrogens with zero attached hydrogens (tertiary/aromatic N) is 2. The Labute approximate surface area is 221 Å². The number of aromatic nitrogens is 2. The van der Waals surface area contributed by atoms with Crippen LogP contribution >= 0.6 is 23.2 Å². The Morgan fingerprint density at radius 1 is 1.00 bits per heavy atom. The van der Waals surface area contributed by atoms with Gasteiger partial charge in [-0.1, -0.05) is 23.2 Å². The lowest BCUT2D eigenvalue weighted by atomic mass is 10.1. The highest BCUT2D eigenvalue weighted by Gasteiger charge is 2.41. The summed E-state index contributed by atoms with van der Waals surface area (Å²) in [5, 5.41) is 0.918. The smallest absolute Gasteiger partial charge is 0.359 e. The second-order valence-corrected chi connectivity index (χ2v) is 8.79. The van der Waals surface area contributed by atoms with Crippen molar-refractivity contribution in [2.75, 3.05) is 13.7 Å². The molecule has 0 radical (unpaired) electrons. The molecule has 2 aromatic carbocycles. The first-order chi connectivity index (χ1) is 17.8. The number of imidazole rings is 1. The SMILES string of the molecule is COC(=O)c1ncn([C@H]2CC(OC(=O)c3ccc(Cl)cc3)[C@@H](COC(=O)c3ccc(Cl)cc3)O2)c1C=O. The van der Waals surface area contributed by atoms with Gasteiger partial charge in [0, 0.05) is 16.5 Å². The summed E-state index contributed by atoms with van der Waals surface area (Å²) in [6, 6.07) is 12.2. The lowest BCUT2D eigenvalue weighted by molar-refractivity contribution is -0.0573. The van der Waals surface area contributed by atoms with Gasteiger partial charge in [-0.2, -0.15) is 0 Å². The summed E-state index contributed by atoms with van der Waals surface area (Å²) in [6.45, 7) is -0.258. The molecule has 0 bridgehead atoms. The normalized spacial score (nSPS) is 18.7. The van der Waals surface area contributed by atoms with Crippen LogP contribution in [0.1, 0.15) is 54.3 Å². The Balaban J connectivity index is 1.54. The lowest BCUT2D eigenvalue weighted by Crippen LogP contribution is -2.32. The minimum atomic E-state index is -0.888. The molecule has 1 fully saturated rings. The largest absolute Gasteiger partial charge is 0.464 e. The first kappa shape index (κ1) is 26.3. The number of carbonyl (C=O) groups is 4. The third-order valence-electron chi connectivity index (χ3n) is 5.61. The number of esters is 3. The molecule has 0 amide bonds. The van der Waals surface area contributed by atoms with E-state index in [-0.39, 0.29) is 35.5 Å². The molecule has 4 rings (SSSR count). The maximum atomic E-state index is 12.8. The average molecular weight is 547 g/mol. The Kier molecular flexibility index (Phi) is 8.22. The predicted molar refractivity (Wildman–Crippen MR) is 130 cm³/mol. The van der Waals surface area contributed by atoms with Crippen LogP contribution < -0.4 is 0 Å². The van der Waals surface area contributed by atoms with Gasteiger partial charge in [0.05, 0.1) is 24.6 Å². The highest BCUT2D eigenvalue weighted by molar-refractivity contribution is 6.31. The number of hydrogen-bond acceptors (Lipinski definition) is 9. The monoisotopic (exact) mass is 546 g/mol. The molecule has 1 aliphatic rings. The fraction of sp³-hybridized carbons (Fsp3) is 0.240. The van der Waals surface area contributed by atoms with Crippen LogP contribution in [0.5, 0.6) is 0 Å². The summed E-state index contributed by atoms with van der Waals surface area (Å²) in [4.78, 5) is 52.9. The summed E-state index contributed by atoms with van der Waals surface area (Å²) in [6.07, 6.45) is -0.823. The van der Waals surface area contributed by atoms with Gasteiger partial charge in [0.25, 0.3) is 0 Å². The average Bonchev–Trinajstić information content (AvgIpc) is 3.51. The topological polar surface area (TPSA) is 123 Å². The van der Waals surface area contributed by atoms with Crippen molar-refractivity contribution in [1.82, 2.24) is 9.55 Å². The standard InChI is InChI=1S/C25H20Cl2N2O8/c1-34-25(33)22-18(11-30)29(13-28-22)21-10-19(37-24(32)15-4-8-17(27)9-5-15)20(36-21)12-35-23(31)14-2-6-16(26)7-3-14/h2-9,11,13,19-21H,10,12H2,1H3/t19?,20-,21-/m1/s1. The van der Waals surface area contributed by atoms with Crippen molar-refractivity contribution in [2.45, 2.75) is 24.9 Å². The van der Waals surface area contributed by atoms with Crippen molar-refractivity contribution in [3.63, 3.8) is 0 Å². The van der Waals surface area contributed by atoms with Crippen LogP contribution in [0.25, 0.3) is 0 Å². The van der Waals surface area contributed by atoms with Crippen molar-refractivity contribution < 1.29 is 38.1 Å². The lowest BCUT2D eigenvalue weighted by Gasteiger charge is -2.19. The van der Waals surface area contributed by atoms with Gasteiger partial charge in [-0.15, -0.1) is 0 Å². The van der Waals surface area contributed by atoms with Crippen LogP contribution in [0.15, 0.2) is 54.9 Å². The van der Waals surface area contributed by atoms with Crippen LogP contribution in [0.3, 0.4) is 0 Å². The van der Waals surface area contributed by atoms with Crippen LogP contribution in [-0.4, -0.2) is 59.7 Å². The van der Waals surface area contributed by atoms with Gasteiger partial charge < -0.3 is 23.5 Å². The second-order valence-electron chi connectivity index (χ2n) is 7.92. The molecule has 1 unspecified atom stereocenters. The van der Waals surface area contributed by atoms with Gasteiger partial charge in [-0.25, -0.2) is 19.4 Å². The minimum Gasteiger partial charge on any atom is -0.464 e. The van der Waals surface area contributed by atoms with E-state index in [1.54, 1.807) is 24.3 Å². The van der Waals surface area contributed by atoms with Gasteiger partial charge in [-0.3, -0.25) is 4.79 Å². The summed E-state index contributed by atoms with van der Waals surface area (Å²) >= 11 is 11.8. The van der Waals surface area contributed by atoms with Crippen molar-refractivity contribution in [3.05, 3.63) is 87.4 Å². The third-order valence-corrected chi connectivity index (χ3v) is 6.11. The number of rotatable bonds is 8. The number of benzene rings is 2. The zero-order valence-electron chi connectivity index (χ0n) is 19.3. The van der Waals surface area contributed by atoms with E-state index in [1.807, 2.05) is 0 Å². The number of halogens is 2. The Morgan fingerprint density at radius 2 is 1.59 bits per heavy atom. The van der Waals surface area contributed by atoms with E-state index in [0.29, 0.717) is 16.3 Å². The van der Waals surface area contributed by atoms with Gasteiger partial charge in [0.15, 0.2) is 12.0 Å². The van der Waals surface area contributed by atoms with Gasteiger partial charge in [0.2, 0.25) is 0 Å². The molecule has 1 aliphatic heterocycles. The molecular formula is C25H20Cl2N2O8. The van der Waals surface area contributed by atoms with E-state index >= 15 is 0 Å². The van der Waals surface area contributed by atoms with E-state index in [9.17, 15) is 19.2 Å². The summed E-state index contributed by atoms with van der Waals surface area (Å²) in [7, 11) is 1.17. The highest BCUT2D eigenvalue weighted by Crippen LogP contribution is 2.33. The zero-order chi connectivity index (χ0) is 26.5. The number of aldehydes is 1. The van der Waals surface area contributed by atoms with Crippen LogP contribution in [0, 0.1) is 0 Å². The quantitative estimate of drug-likeness (QED) is 0.232. The molecule has 1 aromatic heterocycles. The molecule has 2 heterocycles. The van der Waals surface area contributed by atoms with Crippen LogP contribution in [-0.2, 0) is 18.9 Å². The van der Waals surface area contributed by atoms with Gasteiger partial charge >= 0.3 is 17.9 Å². The highest BCUT2D eigenvalue weighted by atomic mass is 35.5. The molecule has 3 aromatic rings. The number of ether oxygens (including phenoxy) is 4. The molecule has 192 valence electrons. The molecule has 0 N–H and O–H groups in total. The van der Waals surface area contributed by atoms with Crippen molar-refractivity contribution in [2.24, 2.45) is 0 Å². The number of carbonyl (C=O) groups excluding carboxylic acids is 4. The second kappa shape index (κ2) is 11.5. The Hall–Kier alpha value is -3.73. The molecule has 12 heteroatoms. The molecule has 0 spiro atoms. The first-order valence-electron chi connectivity index (χ1n) is 11.0. The summed E-state index contributed by atoms with van der Waals surface area (Å²) in [5.74, 6) is -2.06. The molecule has 1 saturated heterocycles. The van der Waals surface area contributed by atoms with Crippen LogP contribution in [0.4, 0.5) is 0 Å². The van der Waals surface area contributed by atoms with Gasteiger partial charge in [0.1, 0.15) is 30.7 Å².